The van der Waals surface area contributed by atoms with Gasteiger partial charge in [-0.2, -0.15) is 0 Å². The number of halogens is 4. The Morgan fingerprint density at radius 1 is 1.33 bits per heavy atom. The van der Waals surface area contributed by atoms with Crippen LogP contribution in [-0.2, 0) is 19.1 Å². The van der Waals surface area contributed by atoms with Gasteiger partial charge in [-0.3, -0.25) is 19.5 Å². The number of aliphatic carboxylic acids is 1. The number of ether oxygens (including phenoxy) is 1. The van der Waals surface area contributed by atoms with E-state index >= 15 is 4.39 Å². The summed E-state index contributed by atoms with van der Waals surface area (Å²) in [5.74, 6) is -4.99. The van der Waals surface area contributed by atoms with Gasteiger partial charge in [-0.25, -0.2) is 22.9 Å². The molecular formula is C27H27ClF3N5O5S. The number of alkyl halides is 1. The third-order valence-corrected chi connectivity index (χ3v) is 8.98. The van der Waals surface area contributed by atoms with E-state index in [0.29, 0.717) is 5.01 Å². The van der Waals surface area contributed by atoms with E-state index in [0.717, 1.165) is 13.2 Å². The number of nitrogens with one attached hydrogen (secondary N) is 1. The first-order valence-electron chi connectivity index (χ1n) is 12.9. The van der Waals surface area contributed by atoms with E-state index in [2.05, 4.69) is 15.3 Å². The molecule has 2 aromatic rings. The molecule has 0 spiro atoms. The van der Waals surface area contributed by atoms with E-state index in [1.807, 2.05) is 0 Å². The number of thiazole rings is 1. The highest BCUT2D eigenvalue weighted by molar-refractivity contribution is 7.11. The Balaban J connectivity index is 1.54. The molecule has 0 radical (unpaired) electrons. The van der Waals surface area contributed by atoms with E-state index in [1.165, 1.54) is 42.3 Å². The fourth-order valence-corrected chi connectivity index (χ4v) is 6.40. The summed E-state index contributed by atoms with van der Waals surface area (Å²) in [5, 5.41) is 14.2. The topological polar surface area (TPSA) is 124 Å². The van der Waals surface area contributed by atoms with Crippen molar-refractivity contribution >= 4 is 46.6 Å². The van der Waals surface area contributed by atoms with Crippen molar-refractivity contribution in [1.29, 1.82) is 0 Å². The number of carbonyl (C=O) groups excluding carboxylic acids is 2. The molecule has 0 saturated carbocycles. The molecule has 1 amide bonds. The number of methoxy groups -OCH3 is 1. The molecule has 3 aliphatic heterocycles. The standard InChI is InChI=1S/C27H27ClF3N5O5S/c1-26(2,25(39)40)12-36-11-16-27(31,24(36)38)6-8-35(16)10-15-17(23(37)41-3)20(13-4-5-14(29)19(30)18(13)28)34-21(33-15)22-32-7-9-42-22/h4-5,7,9,16,20H,6,8,10-12H2,1-3H3,(H,33,34)(H,39,40)/t16-,20?,27+/m0/s1. The molecule has 1 aromatic heterocycles. The molecule has 42 heavy (non-hydrogen) atoms. The average Bonchev–Trinajstić information content (AvgIpc) is 3.65. The molecule has 0 bridgehead atoms. The molecule has 0 aliphatic carbocycles. The lowest BCUT2D eigenvalue weighted by molar-refractivity contribution is -0.150. The Hall–Kier alpha value is -3.49. The molecule has 4 heterocycles. The van der Waals surface area contributed by atoms with Gasteiger partial charge in [0.1, 0.15) is 6.04 Å². The van der Waals surface area contributed by atoms with Crippen LogP contribution in [0.5, 0.6) is 0 Å². The van der Waals surface area contributed by atoms with Gasteiger partial charge in [-0.1, -0.05) is 17.7 Å². The van der Waals surface area contributed by atoms with Crippen LogP contribution < -0.4 is 5.32 Å². The largest absolute Gasteiger partial charge is 0.481 e. The second-order valence-electron chi connectivity index (χ2n) is 11.0. The maximum Gasteiger partial charge on any atom is 0.338 e. The van der Waals surface area contributed by atoms with Crippen molar-refractivity contribution in [3.8, 4) is 0 Å². The smallest absolute Gasteiger partial charge is 0.338 e. The fourth-order valence-electron chi connectivity index (χ4n) is 5.55. The molecule has 1 aromatic carbocycles. The lowest BCUT2D eigenvalue weighted by Crippen LogP contribution is -2.45. The first kappa shape index (κ1) is 30.0. The van der Waals surface area contributed by atoms with Crippen LogP contribution in [0.1, 0.15) is 36.9 Å². The van der Waals surface area contributed by atoms with Crippen molar-refractivity contribution in [2.24, 2.45) is 10.4 Å². The number of aliphatic imine (C=N–C) groups is 1. The number of hydrogen-bond donors (Lipinski definition) is 2. The van der Waals surface area contributed by atoms with Gasteiger partial charge in [0.2, 0.25) is 5.67 Å². The zero-order chi connectivity index (χ0) is 30.6. The van der Waals surface area contributed by atoms with Gasteiger partial charge >= 0.3 is 11.9 Å². The van der Waals surface area contributed by atoms with E-state index in [-0.39, 0.29) is 55.3 Å². The minimum absolute atomic E-state index is 0.00315. The normalized spacial score (nSPS) is 24.5. The second kappa shape index (κ2) is 11.0. The van der Waals surface area contributed by atoms with Crippen LogP contribution in [0, 0.1) is 17.0 Å². The number of carbonyl (C=O) groups is 3. The van der Waals surface area contributed by atoms with Crippen molar-refractivity contribution in [2.75, 3.05) is 33.3 Å². The fraction of sp³-hybridized carbons (Fsp3) is 0.444. The molecule has 3 aliphatic rings. The van der Waals surface area contributed by atoms with Gasteiger partial charge in [0.25, 0.3) is 5.91 Å². The molecule has 15 heteroatoms. The van der Waals surface area contributed by atoms with Gasteiger partial charge in [-0.15, -0.1) is 11.3 Å². The number of fused-ring (bicyclic) bond motifs is 1. The minimum Gasteiger partial charge on any atom is -0.481 e. The summed E-state index contributed by atoms with van der Waals surface area (Å²) in [7, 11) is 1.15. The molecule has 2 fully saturated rings. The SMILES string of the molecule is COC(=O)C1=C(CN2CC[C@]3(F)C(=O)N(CC(C)(C)C(=O)O)C[C@H]23)NC(c2nccs2)=NC1c1ccc(F)c(F)c1Cl. The minimum atomic E-state index is -2.25. The number of esters is 1. The van der Waals surface area contributed by atoms with Crippen LogP contribution >= 0.6 is 22.9 Å². The summed E-state index contributed by atoms with van der Waals surface area (Å²) in [6.07, 6.45) is 1.41. The van der Waals surface area contributed by atoms with Crippen LogP contribution in [0.3, 0.4) is 0 Å². The third kappa shape index (κ3) is 5.05. The van der Waals surface area contributed by atoms with E-state index in [4.69, 9.17) is 16.3 Å². The number of rotatable bonds is 8. The molecule has 1 unspecified atom stereocenters. The van der Waals surface area contributed by atoms with Gasteiger partial charge < -0.3 is 20.1 Å². The highest BCUT2D eigenvalue weighted by Crippen LogP contribution is 2.43. The van der Waals surface area contributed by atoms with E-state index < -0.39 is 57.7 Å². The molecular weight excluding hydrogens is 599 g/mol. The molecule has 2 N–H and O–H groups in total. The zero-order valence-corrected chi connectivity index (χ0v) is 24.4. The average molecular weight is 626 g/mol. The number of likely N-dealkylation sites (tertiary alicyclic amines) is 2. The van der Waals surface area contributed by atoms with Crippen LogP contribution in [0.15, 0.2) is 40.0 Å². The molecule has 10 nitrogen and oxygen atoms in total. The second-order valence-corrected chi connectivity index (χ2v) is 12.2. The summed E-state index contributed by atoms with van der Waals surface area (Å²) >= 11 is 7.43. The number of hydrogen-bond acceptors (Lipinski definition) is 9. The van der Waals surface area contributed by atoms with Gasteiger partial charge in [0.15, 0.2) is 22.5 Å². The third-order valence-electron chi connectivity index (χ3n) is 7.82. The maximum atomic E-state index is 16.2. The molecule has 5 rings (SSSR count). The van der Waals surface area contributed by atoms with Crippen LogP contribution in [-0.4, -0.2) is 88.6 Å². The number of carboxylic acids is 1. The van der Waals surface area contributed by atoms with Crippen molar-refractivity contribution in [2.45, 2.75) is 38.0 Å². The van der Waals surface area contributed by atoms with E-state index in [1.54, 1.807) is 10.3 Å². The molecule has 2 saturated heterocycles. The van der Waals surface area contributed by atoms with Crippen LogP contribution in [0.25, 0.3) is 0 Å². The van der Waals surface area contributed by atoms with Crippen molar-refractivity contribution < 1.29 is 37.4 Å². The highest BCUT2D eigenvalue weighted by atomic mass is 35.5. The van der Waals surface area contributed by atoms with Crippen molar-refractivity contribution in [3.05, 3.63) is 62.2 Å². The summed E-state index contributed by atoms with van der Waals surface area (Å²) < 4.78 is 49.7. The Kier molecular flexibility index (Phi) is 7.83. The summed E-state index contributed by atoms with van der Waals surface area (Å²) in [6, 6.07) is -0.0668. The quantitative estimate of drug-likeness (QED) is 0.338. The van der Waals surface area contributed by atoms with Crippen molar-refractivity contribution in [1.82, 2.24) is 20.1 Å². The lowest BCUT2D eigenvalue weighted by atomic mass is 9.93. The van der Waals surface area contributed by atoms with Gasteiger partial charge in [0, 0.05) is 55.4 Å². The first-order chi connectivity index (χ1) is 19.8. The van der Waals surface area contributed by atoms with Crippen LogP contribution in [0.4, 0.5) is 13.2 Å². The van der Waals surface area contributed by atoms with Gasteiger partial charge in [0.05, 0.1) is 29.2 Å². The van der Waals surface area contributed by atoms with Crippen molar-refractivity contribution in [3.63, 3.8) is 0 Å². The Morgan fingerprint density at radius 3 is 2.71 bits per heavy atom. The number of nitrogens with zero attached hydrogens (tertiary/aromatic N) is 4. The number of aromatic nitrogens is 1. The molecule has 224 valence electrons. The lowest BCUT2D eigenvalue weighted by Gasteiger charge is -2.32. The highest BCUT2D eigenvalue weighted by Gasteiger charge is 2.61. The number of amides is 1. The Morgan fingerprint density at radius 2 is 2.07 bits per heavy atom. The Bertz CT molecular complexity index is 1520. The predicted molar refractivity (Wildman–Crippen MR) is 147 cm³/mol. The summed E-state index contributed by atoms with van der Waals surface area (Å²) in [6.45, 7) is 2.76. The monoisotopic (exact) mass is 625 g/mol. The summed E-state index contributed by atoms with van der Waals surface area (Å²) in [4.78, 5) is 49.7. The van der Waals surface area contributed by atoms with Gasteiger partial charge in [-0.05, 0) is 19.9 Å². The maximum absolute atomic E-state index is 16.2. The van der Waals surface area contributed by atoms with E-state index in [9.17, 15) is 28.3 Å². The zero-order valence-electron chi connectivity index (χ0n) is 22.8. The molecule has 3 atom stereocenters. The predicted octanol–water partition coefficient (Wildman–Crippen LogP) is 3.33. The summed E-state index contributed by atoms with van der Waals surface area (Å²) in [5.41, 5.74) is -3.37. The first-order valence-corrected chi connectivity index (χ1v) is 14.2. The Labute approximate surface area is 247 Å². The number of benzene rings is 1. The van der Waals surface area contributed by atoms with Crippen LogP contribution in [0.2, 0.25) is 5.02 Å². The number of carboxylic acid groups (broad SMARTS) is 1. The number of amidine groups is 1.